The van der Waals surface area contributed by atoms with Crippen molar-refractivity contribution in [2.24, 2.45) is 0 Å². The smallest absolute Gasteiger partial charge is 0.244 e. The van der Waals surface area contributed by atoms with Crippen LogP contribution in [0, 0.1) is 6.92 Å². The Hall–Kier alpha value is -2.27. The van der Waals surface area contributed by atoms with E-state index in [1.807, 2.05) is 42.2 Å². The molecule has 5 nitrogen and oxygen atoms in total. The van der Waals surface area contributed by atoms with E-state index in [2.05, 4.69) is 21.8 Å². The molecule has 1 fully saturated rings. The number of benzene rings is 1. The van der Waals surface area contributed by atoms with Crippen molar-refractivity contribution in [3.63, 3.8) is 0 Å². The van der Waals surface area contributed by atoms with Gasteiger partial charge >= 0.3 is 0 Å². The van der Waals surface area contributed by atoms with E-state index in [-0.39, 0.29) is 11.9 Å². The molecule has 0 bridgehead atoms. The first-order chi connectivity index (χ1) is 11.2. The Bertz CT molecular complexity index is 656. The fraction of sp³-hybridized carbons (Fsp3) is 0.389. The van der Waals surface area contributed by atoms with Gasteiger partial charge in [-0.1, -0.05) is 25.1 Å². The van der Waals surface area contributed by atoms with Crippen LogP contribution in [0.2, 0.25) is 0 Å². The van der Waals surface area contributed by atoms with Crippen LogP contribution in [0.3, 0.4) is 0 Å². The molecular formula is C18H22N4O. The largest absolute Gasteiger partial charge is 0.311 e. The first-order valence-corrected chi connectivity index (χ1v) is 8.07. The zero-order chi connectivity index (χ0) is 16.2. The van der Waals surface area contributed by atoms with Gasteiger partial charge in [0, 0.05) is 31.2 Å². The number of hydrogen-bond acceptors (Lipinski definition) is 4. The maximum absolute atomic E-state index is 12.8. The van der Waals surface area contributed by atoms with Crippen molar-refractivity contribution in [2.45, 2.75) is 32.9 Å². The summed E-state index contributed by atoms with van der Waals surface area (Å²) in [4.78, 5) is 25.6. The van der Waals surface area contributed by atoms with E-state index in [0.29, 0.717) is 6.54 Å². The summed E-state index contributed by atoms with van der Waals surface area (Å²) < 4.78 is 0. The molecule has 0 N–H and O–H groups in total. The van der Waals surface area contributed by atoms with E-state index in [9.17, 15) is 4.79 Å². The van der Waals surface area contributed by atoms with Crippen molar-refractivity contribution in [2.75, 3.05) is 18.0 Å². The zero-order valence-electron chi connectivity index (χ0n) is 13.6. The first kappa shape index (κ1) is 15.6. The predicted molar refractivity (Wildman–Crippen MR) is 90.1 cm³/mol. The highest BCUT2D eigenvalue weighted by atomic mass is 16.2. The number of para-hydroxylation sites is 1. The Morgan fingerprint density at radius 3 is 2.65 bits per heavy atom. The summed E-state index contributed by atoms with van der Waals surface area (Å²) in [7, 11) is 0. The van der Waals surface area contributed by atoms with E-state index in [4.69, 9.17) is 0 Å². The van der Waals surface area contributed by atoms with Gasteiger partial charge in [-0.15, -0.1) is 0 Å². The van der Waals surface area contributed by atoms with E-state index < -0.39 is 0 Å². The average Bonchev–Trinajstić information content (AvgIpc) is 2.97. The lowest BCUT2D eigenvalue weighted by molar-refractivity contribution is -0.121. The van der Waals surface area contributed by atoms with Gasteiger partial charge in [-0.2, -0.15) is 0 Å². The molecule has 120 valence electrons. The molecule has 0 radical (unpaired) electrons. The monoisotopic (exact) mass is 310 g/mol. The lowest BCUT2D eigenvalue weighted by Crippen LogP contribution is -2.41. The second-order valence-corrected chi connectivity index (χ2v) is 5.84. The minimum absolute atomic E-state index is 0.0803. The number of likely N-dealkylation sites (N-methyl/N-ethyl adjacent to an activating group) is 1. The lowest BCUT2D eigenvalue weighted by Gasteiger charge is -2.26. The van der Waals surface area contributed by atoms with Crippen molar-refractivity contribution in [3.8, 4) is 0 Å². The highest BCUT2D eigenvalue weighted by Gasteiger charge is 2.36. The number of carbonyl (C=O) groups is 1. The van der Waals surface area contributed by atoms with E-state index >= 15 is 0 Å². The van der Waals surface area contributed by atoms with Gasteiger partial charge < -0.3 is 4.90 Å². The summed E-state index contributed by atoms with van der Waals surface area (Å²) in [5.41, 5.74) is 2.79. The van der Waals surface area contributed by atoms with Gasteiger partial charge in [0.15, 0.2) is 0 Å². The third-order valence-electron chi connectivity index (χ3n) is 4.29. The molecule has 1 saturated heterocycles. The zero-order valence-corrected chi connectivity index (χ0v) is 13.6. The van der Waals surface area contributed by atoms with Crippen molar-refractivity contribution >= 4 is 11.6 Å². The number of anilines is 1. The van der Waals surface area contributed by atoms with Gasteiger partial charge in [-0.3, -0.25) is 19.7 Å². The van der Waals surface area contributed by atoms with Crippen LogP contribution in [0.1, 0.15) is 24.7 Å². The third kappa shape index (κ3) is 3.40. The summed E-state index contributed by atoms with van der Waals surface area (Å²) in [5, 5.41) is 0. The number of rotatable bonds is 5. The van der Waals surface area contributed by atoms with Gasteiger partial charge in [0.2, 0.25) is 5.91 Å². The fourth-order valence-electron chi connectivity index (χ4n) is 3.02. The highest BCUT2D eigenvalue weighted by molar-refractivity contribution is 5.99. The molecule has 0 saturated carbocycles. The number of nitrogens with zero attached hydrogens (tertiary/aromatic N) is 4. The first-order valence-electron chi connectivity index (χ1n) is 8.07. The molecule has 3 rings (SSSR count). The summed E-state index contributed by atoms with van der Waals surface area (Å²) in [6, 6.07) is 9.80. The Morgan fingerprint density at radius 1 is 1.22 bits per heavy atom. The molecule has 0 aliphatic carbocycles. The van der Waals surface area contributed by atoms with Crippen molar-refractivity contribution < 1.29 is 4.79 Å². The van der Waals surface area contributed by atoms with E-state index in [1.54, 1.807) is 12.4 Å². The minimum Gasteiger partial charge on any atom is -0.311 e. The molecule has 1 aromatic heterocycles. The number of amides is 1. The van der Waals surface area contributed by atoms with Crippen LogP contribution in [0.5, 0.6) is 0 Å². The molecule has 5 heteroatoms. The predicted octanol–water partition coefficient (Wildman–Crippen LogP) is 2.41. The molecule has 1 aliphatic heterocycles. The minimum atomic E-state index is -0.0803. The molecule has 2 aromatic rings. The summed E-state index contributed by atoms with van der Waals surface area (Å²) in [6.45, 7) is 6.24. The van der Waals surface area contributed by atoms with Gasteiger partial charge in [0.1, 0.15) is 0 Å². The van der Waals surface area contributed by atoms with Crippen LogP contribution in [0.4, 0.5) is 5.69 Å². The molecule has 1 amide bonds. The molecule has 1 aromatic carbocycles. The second-order valence-electron chi connectivity index (χ2n) is 5.84. The Morgan fingerprint density at radius 2 is 2.00 bits per heavy atom. The summed E-state index contributed by atoms with van der Waals surface area (Å²) in [6.07, 6.45) is 4.42. The topological polar surface area (TPSA) is 49.3 Å². The Kier molecular flexibility index (Phi) is 4.67. The average molecular weight is 310 g/mol. The molecular weight excluding hydrogens is 288 g/mol. The molecule has 1 aliphatic rings. The van der Waals surface area contributed by atoms with Gasteiger partial charge in [0.25, 0.3) is 0 Å². The summed E-state index contributed by atoms with van der Waals surface area (Å²) in [5.74, 6) is 0.179. The van der Waals surface area contributed by atoms with Crippen LogP contribution in [0.25, 0.3) is 0 Å². The third-order valence-corrected chi connectivity index (χ3v) is 4.29. The maximum Gasteiger partial charge on any atom is 0.244 e. The van der Waals surface area contributed by atoms with Gasteiger partial charge in [-0.05, 0) is 32.0 Å². The maximum atomic E-state index is 12.8. The van der Waals surface area contributed by atoms with Crippen LogP contribution < -0.4 is 4.90 Å². The fourth-order valence-corrected chi connectivity index (χ4v) is 3.02. The van der Waals surface area contributed by atoms with Crippen LogP contribution in [-0.4, -0.2) is 39.9 Å². The summed E-state index contributed by atoms with van der Waals surface area (Å²) >= 11 is 0. The Balaban J connectivity index is 1.72. The normalized spacial score (nSPS) is 18.0. The van der Waals surface area contributed by atoms with Gasteiger partial charge in [0.05, 0.1) is 17.4 Å². The molecule has 1 atom stereocenters. The highest BCUT2D eigenvalue weighted by Crippen LogP contribution is 2.24. The van der Waals surface area contributed by atoms with Gasteiger partial charge in [-0.25, -0.2) is 0 Å². The van der Waals surface area contributed by atoms with Crippen LogP contribution in [-0.2, 0) is 11.3 Å². The van der Waals surface area contributed by atoms with E-state index in [1.165, 1.54) is 0 Å². The SMILES string of the molecule is CCN(Cc1cnc(C)cn1)[C@H]1CCN(c2ccccc2)C1=O. The van der Waals surface area contributed by atoms with Crippen molar-refractivity contribution in [1.82, 2.24) is 14.9 Å². The van der Waals surface area contributed by atoms with Crippen molar-refractivity contribution in [3.05, 3.63) is 54.1 Å². The number of hydrogen-bond donors (Lipinski definition) is 0. The van der Waals surface area contributed by atoms with Crippen LogP contribution >= 0.6 is 0 Å². The molecule has 0 spiro atoms. The van der Waals surface area contributed by atoms with Crippen LogP contribution in [0.15, 0.2) is 42.7 Å². The Labute approximate surface area is 137 Å². The number of aromatic nitrogens is 2. The molecule has 2 heterocycles. The van der Waals surface area contributed by atoms with Crippen molar-refractivity contribution in [1.29, 1.82) is 0 Å². The van der Waals surface area contributed by atoms with E-state index in [0.717, 1.165) is 36.6 Å². The number of aryl methyl sites for hydroxylation is 1. The standard InChI is InChI=1S/C18H22N4O/c1-3-21(13-15-12-19-14(2)11-20-15)17-9-10-22(18(17)23)16-7-5-4-6-8-16/h4-8,11-12,17H,3,9-10,13H2,1-2H3/t17-/m0/s1. The lowest BCUT2D eigenvalue weighted by atomic mass is 10.2. The second kappa shape index (κ2) is 6.87. The quantitative estimate of drug-likeness (QED) is 0.851. The molecule has 23 heavy (non-hydrogen) atoms. The number of carbonyl (C=O) groups excluding carboxylic acids is 1. The molecule has 0 unspecified atom stereocenters.